The summed E-state index contributed by atoms with van der Waals surface area (Å²) in [4.78, 5) is 25.2. The van der Waals surface area contributed by atoms with Crippen LogP contribution < -0.4 is 20.1 Å². The molecule has 1 heterocycles. The average Bonchev–Trinajstić information content (AvgIpc) is 2.75. The Hall–Kier alpha value is -2.45. The van der Waals surface area contributed by atoms with E-state index in [9.17, 15) is 9.59 Å². The molecule has 1 aromatic carbocycles. The first-order valence-electron chi connectivity index (χ1n) is 10.1. The van der Waals surface area contributed by atoms with Gasteiger partial charge in [-0.25, -0.2) is 0 Å². The number of hydrogen-bond donors (Lipinski definition) is 2. The molecule has 2 rings (SSSR count). The number of benzene rings is 1. The van der Waals surface area contributed by atoms with Crippen LogP contribution in [0.25, 0.3) is 12.2 Å². The standard InChI is InChI=1S/C23H30N4O2S2/c1-19(28)24-13-16-30-31-17-14-25-23(29)18-27-15-5-4-6-22(27)12-9-20-7-10-21(11-8-20)26(2)3/h4-12,15H,13-14,16-18H2,1-3H3,(H-,24,25,28,29)/p+1. The second kappa shape index (κ2) is 13.8. The Labute approximate surface area is 192 Å². The highest BCUT2D eigenvalue weighted by Crippen LogP contribution is 2.19. The van der Waals surface area contributed by atoms with Gasteiger partial charge in [0.1, 0.15) is 0 Å². The van der Waals surface area contributed by atoms with Gasteiger partial charge in [-0.2, -0.15) is 4.57 Å². The van der Waals surface area contributed by atoms with Crippen LogP contribution in [0, 0.1) is 0 Å². The number of amides is 2. The van der Waals surface area contributed by atoms with Crippen LogP contribution in [0.15, 0.2) is 48.7 Å². The summed E-state index contributed by atoms with van der Waals surface area (Å²) in [7, 11) is 7.43. The second-order valence-electron chi connectivity index (χ2n) is 7.05. The van der Waals surface area contributed by atoms with E-state index in [1.54, 1.807) is 21.6 Å². The van der Waals surface area contributed by atoms with Gasteiger partial charge < -0.3 is 15.5 Å². The lowest BCUT2D eigenvalue weighted by Gasteiger charge is -2.11. The monoisotopic (exact) mass is 459 g/mol. The zero-order chi connectivity index (χ0) is 22.5. The van der Waals surface area contributed by atoms with Gasteiger partial charge in [0.05, 0.1) is 0 Å². The summed E-state index contributed by atoms with van der Waals surface area (Å²) in [6.07, 6.45) is 6.00. The Kier molecular flexibility index (Phi) is 11.0. The summed E-state index contributed by atoms with van der Waals surface area (Å²) in [6.45, 7) is 3.08. The van der Waals surface area contributed by atoms with Crippen molar-refractivity contribution in [2.75, 3.05) is 43.6 Å². The Morgan fingerprint density at radius 3 is 2.29 bits per heavy atom. The number of hydrogen-bond acceptors (Lipinski definition) is 5. The number of rotatable bonds is 12. The number of nitrogens with zero attached hydrogens (tertiary/aromatic N) is 2. The van der Waals surface area contributed by atoms with Gasteiger partial charge in [-0.15, -0.1) is 0 Å². The predicted octanol–water partition coefficient (Wildman–Crippen LogP) is 2.84. The van der Waals surface area contributed by atoms with Crippen molar-refractivity contribution in [1.82, 2.24) is 10.6 Å². The Morgan fingerprint density at radius 1 is 0.968 bits per heavy atom. The maximum absolute atomic E-state index is 12.3. The summed E-state index contributed by atoms with van der Waals surface area (Å²) >= 11 is 0. The van der Waals surface area contributed by atoms with E-state index in [2.05, 4.69) is 45.9 Å². The first-order valence-corrected chi connectivity index (χ1v) is 12.6. The number of pyridine rings is 1. The van der Waals surface area contributed by atoms with Crippen LogP contribution in [0.2, 0.25) is 0 Å². The molecule has 0 saturated carbocycles. The third-order valence-electron chi connectivity index (χ3n) is 4.30. The Balaban J connectivity index is 1.78. The maximum atomic E-state index is 12.3. The van der Waals surface area contributed by atoms with Crippen molar-refractivity contribution in [2.45, 2.75) is 13.5 Å². The average molecular weight is 460 g/mol. The second-order valence-corrected chi connectivity index (χ2v) is 9.75. The SMILES string of the molecule is CC(=O)NCCSSCCNC(=O)C[n+]1ccccc1/C=C/c1ccc(N(C)C)cc1. The molecule has 0 fully saturated rings. The fraction of sp³-hybridized carbons (Fsp3) is 0.348. The van der Waals surface area contributed by atoms with Crippen molar-refractivity contribution >= 4 is 51.2 Å². The van der Waals surface area contributed by atoms with Crippen LogP contribution >= 0.6 is 21.6 Å². The highest BCUT2D eigenvalue weighted by atomic mass is 33.1. The van der Waals surface area contributed by atoms with Crippen LogP contribution in [0.5, 0.6) is 0 Å². The number of carbonyl (C=O) groups excluding carboxylic acids is 2. The van der Waals surface area contributed by atoms with Crippen LogP contribution in [0.4, 0.5) is 5.69 Å². The van der Waals surface area contributed by atoms with Crippen LogP contribution in [0.3, 0.4) is 0 Å². The molecule has 2 N–H and O–H groups in total. The summed E-state index contributed by atoms with van der Waals surface area (Å²) in [5.41, 5.74) is 3.24. The van der Waals surface area contributed by atoms with Gasteiger partial charge in [-0.1, -0.05) is 33.7 Å². The van der Waals surface area contributed by atoms with Gasteiger partial charge in [-0.05, 0) is 29.8 Å². The summed E-state index contributed by atoms with van der Waals surface area (Å²) < 4.78 is 1.94. The third-order valence-corrected chi connectivity index (χ3v) is 6.70. The van der Waals surface area contributed by atoms with E-state index >= 15 is 0 Å². The quantitative estimate of drug-likeness (QED) is 0.290. The van der Waals surface area contributed by atoms with Crippen molar-refractivity contribution in [1.29, 1.82) is 0 Å². The molecule has 0 saturated heterocycles. The molecule has 0 aliphatic heterocycles. The first-order chi connectivity index (χ1) is 15.0. The van der Waals surface area contributed by atoms with Crippen molar-refractivity contribution in [3.8, 4) is 0 Å². The molecule has 0 atom stereocenters. The lowest BCUT2D eigenvalue weighted by molar-refractivity contribution is -0.686. The lowest BCUT2D eigenvalue weighted by atomic mass is 10.1. The van der Waals surface area contributed by atoms with Gasteiger partial charge in [0, 0.05) is 69.5 Å². The van der Waals surface area contributed by atoms with E-state index in [1.165, 1.54) is 6.92 Å². The van der Waals surface area contributed by atoms with Gasteiger partial charge >= 0.3 is 0 Å². The fourth-order valence-electron chi connectivity index (χ4n) is 2.68. The molecule has 2 amide bonds. The van der Waals surface area contributed by atoms with E-state index < -0.39 is 0 Å². The number of carbonyl (C=O) groups is 2. The minimum Gasteiger partial charge on any atom is -0.378 e. The summed E-state index contributed by atoms with van der Waals surface area (Å²) in [5, 5.41) is 5.73. The molecular formula is C23H31N4O2S2+. The molecule has 31 heavy (non-hydrogen) atoms. The van der Waals surface area contributed by atoms with Crippen molar-refractivity contribution in [2.24, 2.45) is 0 Å². The Morgan fingerprint density at radius 2 is 1.65 bits per heavy atom. The molecule has 2 aromatic rings. The zero-order valence-corrected chi connectivity index (χ0v) is 20.0. The zero-order valence-electron chi connectivity index (χ0n) is 18.3. The lowest BCUT2D eigenvalue weighted by Crippen LogP contribution is -2.45. The minimum atomic E-state index is -0.00923. The van der Waals surface area contributed by atoms with E-state index in [1.807, 2.05) is 49.1 Å². The number of anilines is 1. The Bertz CT molecular complexity index is 870. The first kappa shape index (κ1) is 24.8. The van der Waals surface area contributed by atoms with Gasteiger partial charge in [0.2, 0.25) is 18.1 Å². The minimum absolute atomic E-state index is 0.00674. The fourth-order valence-corrected chi connectivity index (χ4v) is 4.49. The molecule has 0 spiro atoms. The normalized spacial score (nSPS) is 10.8. The molecule has 166 valence electrons. The molecule has 6 nitrogen and oxygen atoms in total. The highest BCUT2D eigenvalue weighted by molar-refractivity contribution is 8.76. The van der Waals surface area contributed by atoms with Crippen LogP contribution in [-0.4, -0.2) is 50.5 Å². The molecule has 8 heteroatoms. The molecular weight excluding hydrogens is 428 g/mol. The number of aromatic nitrogens is 1. The summed E-state index contributed by atoms with van der Waals surface area (Å²) in [6, 6.07) is 14.2. The van der Waals surface area contributed by atoms with Gasteiger partial charge in [0.25, 0.3) is 5.91 Å². The van der Waals surface area contributed by atoms with Crippen LogP contribution in [0.1, 0.15) is 18.2 Å². The smallest absolute Gasteiger partial charge is 0.286 e. The summed E-state index contributed by atoms with van der Waals surface area (Å²) in [5.74, 6) is 1.66. The van der Waals surface area contributed by atoms with Crippen molar-refractivity contribution in [3.63, 3.8) is 0 Å². The van der Waals surface area contributed by atoms with Crippen LogP contribution in [-0.2, 0) is 16.1 Å². The molecule has 0 bridgehead atoms. The van der Waals surface area contributed by atoms with E-state index in [-0.39, 0.29) is 18.4 Å². The predicted molar refractivity (Wildman–Crippen MR) is 133 cm³/mol. The number of nitrogens with one attached hydrogen (secondary N) is 2. The molecule has 0 unspecified atom stereocenters. The maximum Gasteiger partial charge on any atom is 0.286 e. The highest BCUT2D eigenvalue weighted by Gasteiger charge is 2.12. The van der Waals surface area contributed by atoms with Crippen molar-refractivity contribution in [3.05, 3.63) is 59.9 Å². The topological polar surface area (TPSA) is 65.3 Å². The van der Waals surface area contributed by atoms with E-state index in [0.29, 0.717) is 13.1 Å². The van der Waals surface area contributed by atoms with Crippen molar-refractivity contribution < 1.29 is 14.2 Å². The molecule has 0 aliphatic carbocycles. The van der Waals surface area contributed by atoms with E-state index in [4.69, 9.17) is 0 Å². The van der Waals surface area contributed by atoms with Gasteiger partial charge in [0.15, 0.2) is 6.20 Å². The molecule has 0 aliphatic rings. The third kappa shape index (κ3) is 9.93. The molecule has 1 aromatic heterocycles. The van der Waals surface area contributed by atoms with E-state index in [0.717, 1.165) is 28.5 Å². The largest absolute Gasteiger partial charge is 0.378 e. The van der Waals surface area contributed by atoms with Gasteiger partial charge in [-0.3, -0.25) is 9.59 Å². The molecule has 0 radical (unpaired) electrons.